The maximum atomic E-state index is 13.2. The maximum Gasteiger partial charge on any atom is 0.224 e. The first kappa shape index (κ1) is 20.8. The van der Waals surface area contributed by atoms with Crippen molar-refractivity contribution in [3.63, 3.8) is 0 Å². The molecule has 1 aromatic heterocycles. The summed E-state index contributed by atoms with van der Waals surface area (Å²) in [5.74, 6) is 0.0556. The smallest absolute Gasteiger partial charge is 0.224 e. The van der Waals surface area contributed by atoms with Crippen LogP contribution in [0.25, 0.3) is 0 Å². The quantitative estimate of drug-likeness (QED) is 0.697. The summed E-state index contributed by atoms with van der Waals surface area (Å²) in [7, 11) is 0. The van der Waals surface area contributed by atoms with E-state index in [1.54, 1.807) is 0 Å². The van der Waals surface area contributed by atoms with Gasteiger partial charge in [-0.3, -0.25) is 9.48 Å². The number of nitrogens with zero attached hydrogens (tertiary/aromatic N) is 3. The second-order valence-electron chi connectivity index (χ2n) is 7.60. The van der Waals surface area contributed by atoms with E-state index in [2.05, 4.69) is 22.2 Å². The van der Waals surface area contributed by atoms with Gasteiger partial charge in [0.1, 0.15) is 5.82 Å². The van der Waals surface area contributed by atoms with Crippen molar-refractivity contribution in [2.45, 2.75) is 51.6 Å². The summed E-state index contributed by atoms with van der Waals surface area (Å²) in [4.78, 5) is 14.7. The van der Waals surface area contributed by atoms with Crippen molar-refractivity contribution >= 4 is 23.2 Å². The number of halogens is 2. The van der Waals surface area contributed by atoms with Gasteiger partial charge in [-0.25, -0.2) is 4.39 Å². The Morgan fingerprint density at radius 3 is 2.86 bits per heavy atom. The van der Waals surface area contributed by atoms with E-state index in [1.807, 2.05) is 23.1 Å². The van der Waals surface area contributed by atoms with Gasteiger partial charge < -0.3 is 10.2 Å². The van der Waals surface area contributed by atoms with Gasteiger partial charge in [0.15, 0.2) is 0 Å². The zero-order valence-electron chi connectivity index (χ0n) is 16.3. The molecule has 1 aliphatic rings. The predicted molar refractivity (Wildman–Crippen MR) is 110 cm³/mol. The van der Waals surface area contributed by atoms with Crippen molar-refractivity contribution in [1.82, 2.24) is 14.7 Å². The van der Waals surface area contributed by atoms with Gasteiger partial charge in [-0.05, 0) is 75.9 Å². The second kappa shape index (κ2) is 10.0. The van der Waals surface area contributed by atoms with Gasteiger partial charge in [0.2, 0.25) is 5.91 Å². The van der Waals surface area contributed by atoms with Crippen LogP contribution in [0, 0.1) is 11.7 Å². The zero-order chi connectivity index (χ0) is 19.9. The number of piperidine rings is 1. The van der Waals surface area contributed by atoms with Crippen LogP contribution in [0.2, 0.25) is 5.02 Å². The molecule has 3 rings (SSSR count). The summed E-state index contributed by atoms with van der Waals surface area (Å²) in [6, 6.07) is 6.73. The molecule has 0 radical (unpaired) electrons. The monoisotopic (exact) mass is 406 g/mol. The first-order valence-corrected chi connectivity index (χ1v) is 10.4. The van der Waals surface area contributed by atoms with Gasteiger partial charge in [0.25, 0.3) is 0 Å². The molecular weight excluding hydrogens is 379 g/mol. The number of amides is 1. The van der Waals surface area contributed by atoms with Gasteiger partial charge in [-0.15, -0.1) is 0 Å². The number of aryl methyl sites for hydroxylation is 1. The van der Waals surface area contributed by atoms with E-state index in [1.165, 1.54) is 18.2 Å². The molecule has 2 heterocycles. The highest BCUT2D eigenvalue weighted by Gasteiger charge is 2.23. The van der Waals surface area contributed by atoms with Gasteiger partial charge in [-0.2, -0.15) is 5.10 Å². The van der Waals surface area contributed by atoms with Crippen LogP contribution >= 0.6 is 11.6 Å². The van der Waals surface area contributed by atoms with E-state index in [4.69, 9.17) is 11.6 Å². The van der Waals surface area contributed by atoms with Crippen molar-refractivity contribution < 1.29 is 9.18 Å². The molecule has 5 nitrogen and oxygen atoms in total. The normalized spacial score (nSPS) is 16.8. The van der Waals surface area contributed by atoms with Crippen LogP contribution in [0.15, 0.2) is 36.7 Å². The molecule has 28 heavy (non-hydrogen) atoms. The fraction of sp³-hybridized carbons (Fsp3) is 0.524. The van der Waals surface area contributed by atoms with Crippen molar-refractivity contribution in [3.05, 3.63) is 47.5 Å². The van der Waals surface area contributed by atoms with Crippen LogP contribution in [0.3, 0.4) is 0 Å². The average molecular weight is 407 g/mol. The summed E-state index contributed by atoms with van der Waals surface area (Å²) in [5, 5.41) is 7.08. The molecule has 0 unspecified atom stereocenters. The van der Waals surface area contributed by atoms with Crippen molar-refractivity contribution in [2.24, 2.45) is 5.92 Å². The third kappa shape index (κ3) is 6.04. The lowest BCUT2D eigenvalue weighted by atomic mass is 9.91. The van der Waals surface area contributed by atoms with Gasteiger partial charge in [0.05, 0.1) is 5.02 Å². The molecule has 0 saturated carbocycles. The van der Waals surface area contributed by atoms with E-state index < -0.39 is 5.82 Å². The van der Waals surface area contributed by atoms with E-state index >= 15 is 0 Å². The first-order valence-electron chi connectivity index (χ1n) is 9.97. The minimum atomic E-state index is -0.481. The largest absolute Gasteiger partial charge is 0.326 e. The number of aromatic nitrogens is 2. The van der Waals surface area contributed by atoms with Gasteiger partial charge in [0, 0.05) is 37.1 Å². The molecule has 1 aliphatic heterocycles. The van der Waals surface area contributed by atoms with Crippen LogP contribution < -0.4 is 5.32 Å². The highest BCUT2D eigenvalue weighted by Crippen LogP contribution is 2.25. The fourth-order valence-corrected chi connectivity index (χ4v) is 3.93. The van der Waals surface area contributed by atoms with E-state index in [-0.39, 0.29) is 10.9 Å². The number of hydrogen-bond acceptors (Lipinski definition) is 3. The van der Waals surface area contributed by atoms with Crippen LogP contribution in [0.1, 0.15) is 39.0 Å². The summed E-state index contributed by atoms with van der Waals surface area (Å²) < 4.78 is 15.2. The molecule has 0 spiro atoms. The van der Waals surface area contributed by atoms with E-state index in [0.717, 1.165) is 45.3 Å². The highest BCUT2D eigenvalue weighted by atomic mass is 35.5. The van der Waals surface area contributed by atoms with E-state index in [9.17, 15) is 9.18 Å². The van der Waals surface area contributed by atoms with Crippen molar-refractivity contribution in [3.8, 4) is 0 Å². The second-order valence-corrected chi connectivity index (χ2v) is 8.01. The minimum Gasteiger partial charge on any atom is -0.326 e. The van der Waals surface area contributed by atoms with Crippen LogP contribution in [-0.2, 0) is 11.3 Å². The molecule has 0 aliphatic carbocycles. The molecular formula is C21H28ClFN4O. The molecule has 0 bridgehead atoms. The Balaban J connectivity index is 1.34. The van der Waals surface area contributed by atoms with Crippen LogP contribution in [0.5, 0.6) is 0 Å². The Hall–Kier alpha value is -1.92. The lowest BCUT2D eigenvalue weighted by Gasteiger charge is -2.36. The van der Waals surface area contributed by atoms with Gasteiger partial charge in [-0.1, -0.05) is 11.6 Å². The van der Waals surface area contributed by atoms with Crippen molar-refractivity contribution in [2.75, 3.05) is 18.4 Å². The summed E-state index contributed by atoms with van der Waals surface area (Å²) in [6.07, 6.45) is 8.53. The number of nitrogens with one attached hydrogen (secondary N) is 1. The first-order chi connectivity index (χ1) is 13.5. The third-order valence-electron chi connectivity index (χ3n) is 5.59. The standard InChI is InChI=1S/C21H28ClFN4O/c1-16(7-14-27-11-2-10-24-27)26-12-8-17(9-13-26)3-6-21(28)25-18-4-5-20(23)19(22)15-18/h2,4-5,10-11,15-17H,3,6-9,12-14H2,1H3,(H,25,28)/t16-/m0/s1. The number of rotatable bonds is 8. The topological polar surface area (TPSA) is 50.2 Å². The molecule has 1 N–H and O–H groups in total. The third-order valence-corrected chi connectivity index (χ3v) is 5.88. The molecule has 152 valence electrons. The Kier molecular flexibility index (Phi) is 7.45. The Morgan fingerprint density at radius 1 is 1.39 bits per heavy atom. The fourth-order valence-electron chi connectivity index (χ4n) is 3.75. The number of likely N-dealkylation sites (tertiary alicyclic amines) is 1. The number of anilines is 1. The van der Waals surface area contributed by atoms with Gasteiger partial charge >= 0.3 is 0 Å². The highest BCUT2D eigenvalue weighted by molar-refractivity contribution is 6.31. The number of hydrogen-bond donors (Lipinski definition) is 1. The zero-order valence-corrected chi connectivity index (χ0v) is 17.0. The number of benzene rings is 1. The molecule has 1 saturated heterocycles. The Morgan fingerprint density at radius 2 is 2.18 bits per heavy atom. The van der Waals surface area contributed by atoms with Crippen molar-refractivity contribution in [1.29, 1.82) is 0 Å². The predicted octanol–water partition coefficient (Wildman–Crippen LogP) is 4.59. The molecule has 2 aromatic rings. The lowest BCUT2D eigenvalue weighted by Crippen LogP contribution is -2.40. The molecule has 1 atom stereocenters. The number of carbonyl (C=O) groups is 1. The average Bonchev–Trinajstić information content (AvgIpc) is 3.21. The SMILES string of the molecule is C[C@@H](CCn1cccn1)N1CCC(CCC(=O)Nc2ccc(F)c(Cl)c2)CC1. The Labute approximate surface area is 170 Å². The number of carbonyl (C=O) groups excluding carboxylic acids is 1. The van der Waals surface area contributed by atoms with Crippen LogP contribution in [0.4, 0.5) is 10.1 Å². The van der Waals surface area contributed by atoms with E-state index in [0.29, 0.717) is 24.1 Å². The molecule has 7 heteroatoms. The summed E-state index contributed by atoms with van der Waals surface area (Å²) >= 11 is 5.75. The molecule has 1 aromatic carbocycles. The lowest BCUT2D eigenvalue weighted by molar-refractivity contribution is -0.116. The molecule has 1 amide bonds. The summed E-state index contributed by atoms with van der Waals surface area (Å²) in [6.45, 7) is 5.40. The summed E-state index contributed by atoms with van der Waals surface area (Å²) in [5.41, 5.74) is 0.539. The maximum absolute atomic E-state index is 13.2. The Bertz CT molecular complexity index is 760. The van der Waals surface area contributed by atoms with Crippen LogP contribution in [-0.4, -0.2) is 39.7 Å². The molecule has 1 fully saturated rings. The minimum absolute atomic E-state index is 0.0202.